The van der Waals surface area contributed by atoms with Gasteiger partial charge in [-0.25, -0.2) is 9.07 Å². The van der Waals surface area contributed by atoms with E-state index in [2.05, 4.69) is 41.5 Å². The van der Waals surface area contributed by atoms with Crippen LogP contribution in [0.15, 0.2) is 54.7 Å². The highest BCUT2D eigenvalue weighted by Crippen LogP contribution is 2.16. The Hall–Kier alpha value is -2.49. The molecule has 0 radical (unpaired) electrons. The van der Waals surface area contributed by atoms with Gasteiger partial charge >= 0.3 is 0 Å². The maximum atomic E-state index is 12.9. The van der Waals surface area contributed by atoms with Crippen molar-refractivity contribution in [1.82, 2.24) is 15.0 Å². The standard InChI is InChI=1S/C16H14FN3/c1-12-2-4-13(5-3-12)10-20-11-16(18-19-20)14-6-8-15(17)9-7-14/h2-9,11H,10H2,1H3. The van der Waals surface area contributed by atoms with Crippen LogP contribution in [0.1, 0.15) is 11.1 Å². The molecule has 0 aliphatic heterocycles. The first-order valence-electron chi connectivity index (χ1n) is 6.42. The SMILES string of the molecule is Cc1ccc(Cn2cc(-c3ccc(F)cc3)nn2)cc1. The summed E-state index contributed by atoms with van der Waals surface area (Å²) in [5, 5.41) is 8.23. The molecule has 0 aliphatic carbocycles. The predicted octanol–water partition coefficient (Wildman–Crippen LogP) is 3.44. The summed E-state index contributed by atoms with van der Waals surface area (Å²) in [6.45, 7) is 2.74. The molecule has 20 heavy (non-hydrogen) atoms. The predicted molar refractivity (Wildman–Crippen MR) is 75.7 cm³/mol. The molecule has 100 valence electrons. The Morgan fingerprint density at radius 3 is 2.40 bits per heavy atom. The molecule has 0 aliphatic rings. The van der Waals surface area contributed by atoms with Gasteiger partial charge in [0, 0.05) is 5.56 Å². The zero-order valence-electron chi connectivity index (χ0n) is 11.1. The van der Waals surface area contributed by atoms with Crippen molar-refractivity contribution in [1.29, 1.82) is 0 Å². The molecule has 0 bridgehead atoms. The second-order valence-corrected chi connectivity index (χ2v) is 4.79. The van der Waals surface area contributed by atoms with Crippen LogP contribution in [0.4, 0.5) is 4.39 Å². The fraction of sp³-hybridized carbons (Fsp3) is 0.125. The van der Waals surface area contributed by atoms with Gasteiger partial charge in [0.25, 0.3) is 0 Å². The maximum Gasteiger partial charge on any atom is 0.123 e. The second-order valence-electron chi connectivity index (χ2n) is 4.79. The van der Waals surface area contributed by atoms with Crippen LogP contribution in [0, 0.1) is 12.7 Å². The molecule has 4 heteroatoms. The fourth-order valence-electron chi connectivity index (χ4n) is 2.01. The number of hydrogen-bond acceptors (Lipinski definition) is 2. The van der Waals surface area contributed by atoms with E-state index in [1.165, 1.54) is 23.3 Å². The van der Waals surface area contributed by atoms with E-state index < -0.39 is 0 Å². The number of benzene rings is 2. The third kappa shape index (κ3) is 2.74. The second kappa shape index (κ2) is 5.25. The zero-order chi connectivity index (χ0) is 13.9. The van der Waals surface area contributed by atoms with E-state index in [0.29, 0.717) is 6.54 Å². The first kappa shape index (κ1) is 12.5. The summed E-state index contributed by atoms with van der Waals surface area (Å²) in [5.41, 5.74) is 4.02. The van der Waals surface area contributed by atoms with Crippen LogP contribution in [0.3, 0.4) is 0 Å². The van der Waals surface area contributed by atoms with Crippen molar-refractivity contribution < 1.29 is 4.39 Å². The summed E-state index contributed by atoms with van der Waals surface area (Å²) < 4.78 is 14.7. The molecular weight excluding hydrogens is 253 g/mol. The average Bonchev–Trinajstić information content (AvgIpc) is 2.91. The number of nitrogens with zero attached hydrogens (tertiary/aromatic N) is 3. The number of aryl methyl sites for hydroxylation is 1. The summed E-state index contributed by atoms with van der Waals surface area (Å²) in [5.74, 6) is -0.249. The first-order valence-corrected chi connectivity index (χ1v) is 6.42. The Morgan fingerprint density at radius 2 is 1.70 bits per heavy atom. The summed E-state index contributed by atoms with van der Waals surface area (Å²) in [6, 6.07) is 14.6. The molecule has 0 spiro atoms. The molecule has 3 nitrogen and oxygen atoms in total. The van der Waals surface area contributed by atoms with E-state index in [0.717, 1.165) is 11.3 Å². The van der Waals surface area contributed by atoms with Gasteiger partial charge in [-0.15, -0.1) is 5.10 Å². The van der Waals surface area contributed by atoms with Gasteiger partial charge in [-0.2, -0.15) is 0 Å². The molecule has 0 N–H and O–H groups in total. The summed E-state index contributed by atoms with van der Waals surface area (Å²) >= 11 is 0. The molecule has 3 rings (SSSR count). The Balaban J connectivity index is 1.80. The average molecular weight is 267 g/mol. The maximum absolute atomic E-state index is 12.9. The lowest BCUT2D eigenvalue weighted by Crippen LogP contribution is -2.00. The molecule has 1 aromatic heterocycles. The van der Waals surface area contributed by atoms with Gasteiger partial charge in [-0.1, -0.05) is 35.0 Å². The highest BCUT2D eigenvalue weighted by atomic mass is 19.1. The molecular formula is C16H14FN3. The number of rotatable bonds is 3. The summed E-state index contributed by atoms with van der Waals surface area (Å²) in [6.07, 6.45) is 1.87. The number of hydrogen-bond donors (Lipinski definition) is 0. The fourth-order valence-corrected chi connectivity index (χ4v) is 2.01. The monoisotopic (exact) mass is 267 g/mol. The molecule has 2 aromatic carbocycles. The lowest BCUT2D eigenvalue weighted by atomic mass is 10.1. The Kier molecular flexibility index (Phi) is 3.29. The van der Waals surface area contributed by atoms with Crippen molar-refractivity contribution in [3.05, 3.63) is 71.7 Å². The Morgan fingerprint density at radius 1 is 1.00 bits per heavy atom. The van der Waals surface area contributed by atoms with E-state index in [1.54, 1.807) is 16.8 Å². The lowest BCUT2D eigenvalue weighted by Gasteiger charge is -2.01. The first-order chi connectivity index (χ1) is 9.70. The quantitative estimate of drug-likeness (QED) is 0.727. The van der Waals surface area contributed by atoms with Crippen molar-refractivity contribution in [2.75, 3.05) is 0 Å². The van der Waals surface area contributed by atoms with Crippen LogP contribution in [-0.4, -0.2) is 15.0 Å². The third-order valence-corrected chi connectivity index (χ3v) is 3.14. The van der Waals surface area contributed by atoms with E-state index in [9.17, 15) is 4.39 Å². The number of aromatic nitrogens is 3. The van der Waals surface area contributed by atoms with E-state index in [4.69, 9.17) is 0 Å². The summed E-state index contributed by atoms with van der Waals surface area (Å²) in [4.78, 5) is 0. The lowest BCUT2D eigenvalue weighted by molar-refractivity contribution is 0.628. The van der Waals surface area contributed by atoms with Gasteiger partial charge in [0.2, 0.25) is 0 Å². The molecule has 0 unspecified atom stereocenters. The molecule has 3 aromatic rings. The van der Waals surface area contributed by atoms with Crippen LogP contribution in [0.25, 0.3) is 11.3 Å². The smallest absolute Gasteiger partial charge is 0.123 e. The Bertz CT molecular complexity index is 699. The van der Waals surface area contributed by atoms with Gasteiger partial charge in [0.1, 0.15) is 11.5 Å². The Labute approximate surface area is 116 Å². The molecule has 0 amide bonds. The molecule has 0 atom stereocenters. The molecule has 0 saturated carbocycles. The van der Waals surface area contributed by atoms with Crippen LogP contribution < -0.4 is 0 Å². The van der Waals surface area contributed by atoms with Gasteiger partial charge < -0.3 is 0 Å². The summed E-state index contributed by atoms with van der Waals surface area (Å²) in [7, 11) is 0. The minimum Gasteiger partial charge on any atom is -0.247 e. The normalized spacial score (nSPS) is 10.7. The van der Waals surface area contributed by atoms with Crippen LogP contribution in [-0.2, 0) is 6.54 Å². The number of halogens is 1. The van der Waals surface area contributed by atoms with Crippen molar-refractivity contribution >= 4 is 0 Å². The molecule has 1 heterocycles. The van der Waals surface area contributed by atoms with Gasteiger partial charge in [0.15, 0.2) is 0 Å². The largest absolute Gasteiger partial charge is 0.247 e. The zero-order valence-corrected chi connectivity index (χ0v) is 11.1. The van der Waals surface area contributed by atoms with E-state index in [1.807, 2.05) is 6.20 Å². The van der Waals surface area contributed by atoms with E-state index in [-0.39, 0.29) is 5.82 Å². The van der Waals surface area contributed by atoms with Crippen LogP contribution in [0.2, 0.25) is 0 Å². The van der Waals surface area contributed by atoms with Crippen LogP contribution in [0.5, 0.6) is 0 Å². The molecule has 0 saturated heterocycles. The minimum atomic E-state index is -0.249. The van der Waals surface area contributed by atoms with Gasteiger partial charge in [-0.3, -0.25) is 0 Å². The van der Waals surface area contributed by atoms with Gasteiger partial charge in [0.05, 0.1) is 12.7 Å². The van der Waals surface area contributed by atoms with Gasteiger partial charge in [-0.05, 0) is 36.8 Å². The highest BCUT2D eigenvalue weighted by Gasteiger charge is 2.04. The van der Waals surface area contributed by atoms with Crippen molar-refractivity contribution in [3.63, 3.8) is 0 Å². The highest BCUT2D eigenvalue weighted by molar-refractivity contribution is 5.57. The van der Waals surface area contributed by atoms with Crippen LogP contribution >= 0.6 is 0 Å². The molecule has 0 fully saturated rings. The van der Waals surface area contributed by atoms with E-state index >= 15 is 0 Å². The van der Waals surface area contributed by atoms with Crippen molar-refractivity contribution in [2.24, 2.45) is 0 Å². The topological polar surface area (TPSA) is 30.7 Å². The minimum absolute atomic E-state index is 0.249. The van der Waals surface area contributed by atoms with Crippen molar-refractivity contribution in [2.45, 2.75) is 13.5 Å². The van der Waals surface area contributed by atoms with Crippen molar-refractivity contribution in [3.8, 4) is 11.3 Å². The third-order valence-electron chi connectivity index (χ3n) is 3.14.